The highest BCUT2D eigenvalue weighted by molar-refractivity contribution is 7.98. The summed E-state index contributed by atoms with van der Waals surface area (Å²) in [5.74, 6) is 2.16. The molecule has 2 heteroatoms. The van der Waals surface area contributed by atoms with Crippen LogP contribution in [0.15, 0.2) is 0 Å². The topological polar surface area (TPSA) is 12.0 Å². The molecule has 0 aromatic carbocycles. The normalized spacial score (nSPS) is 31.3. The van der Waals surface area contributed by atoms with Crippen molar-refractivity contribution in [3.05, 3.63) is 0 Å². The number of hydrogen-bond donors (Lipinski definition) is 1. The summed E-state index contributed by atoms with van der Waals surface area (Å²) in [4.78, 5) is 0. The molecule has 1 rings (SSSR count). The monoisotopic (exact) mass is 243 g/mol. The van der Waals surface area contributed by atoms with Gasteiger partial charge in [-0.1, -0.05) is 20.8 Å². The van der Waals surface area contributed by atoms with Gasteiger partial charge in [-0.25, -0.2) is 0 Å². The second kappa shape index (κ2) is 6.30. The summed E-state index contributed by atoms with van der Waals surface area (Å²) in [6.07, 6.45) is 7.60. The smallest absolute Gasteiger partial charge is 0.00771 e. The van der Waals surface area contributed by atoms with E-state index in [0.717, 1.165) is 12.0 Å². The molecule has 1 saturated carbocycles. The zero-order chi connectivity index (χ0) is 12.2. The number of nitrogens with one attached hydrogen (secondary N) is 1. The molecule has 1 fully saturated rings. The van der Waals surface area contributed by atoms with Gasteiger partial charge >= 0.3 is 0 Å². The average molecular weight is 243 g/mol. The van der Waals surface area contributed by atoms with E-state index in [1.807, 2.05) is 11.8 Å². The van der Waals surface area contributed by atoms with Crippen LogP contribution in [0.1, 0.15) is 53.4 Å². The fourth-order valence-electron chi connectivity index (χ4n) is 3.25. The van der Waals surface area contributed by atoms with Gasteiger partial charge in [0.05, 0.1) is 0 Å². The second-order valence-electron chi connectivity index (χ2n) is 6.46. The zero-order valence-electron chi connectivity index (χ0n) is 11.7. The molecular formula is C14H29NS. The van der Waals surface area contributed by atoms with Gasteiger partial charge in [0.2, 0.25) is 0 Å². The van der Waals surface area contributed by atoms with Gasteiger partial charge in [0.25, 0.3) is 0 Å². The Kier molecular flexibility index (Phi) is 5.66. The maximum atomic E-state index is 3.83. The third-order valence-corrected chi connectivity index (χ3v) is 4.31. The van der Waals surface area contributed by atoms with E-state index in [-0.39, 0.29) is 0 Å². The number of thioether (sulfide) groups is 1. The molecule has 3 unspecified atom stereocenters. The highest BCUT2D eigenvalue weighted by Crippen LogP contribution is 2.38. The first-order valence-electron chi connectivity index (χ1n) is 6.68. The lowest BCUT2D eigenvalue weighted by Crippen LogP contribution is -2.44. The van der Waals surface area contributed by atoms with E-state index in [0.29, 0.717) is 11.5 Å². The van der Waals surface area contributed by atoms with Crippen LogP contribution in [-0.4, -0.2) is 24.1 Å². The van der Waals surface area contributed by atoms with Crippen molar-refractivity contribution in [2.24, 2.45) is 11.3 Å². The Morgan fingerprint density at radius 2 is 2.06 bits per heavy atom. The van der Waals surface area contributed by atoms with Crippen molar-refractivity contribution in [1.29, 1.82) is 0 Å². The first kappa shape index (κ1) is 14.4. The van der Waals surface area contributed by atoms with Gasteiger partial charge in [0, 0.05) is 12.1 Å². The second-order valence-corrected chi connectivity index (χ2v) is 7.45. The Balaban J connectivity index is 2.35. The summed E-state index contributed by atoms with van der Waals surface area (Å²) >= 11 is 1.95. The molecule has 0 saturated heterocycles. The van der Waals surface area contributed by atoms with Crippen LogP contribution in [0, 0.1) is 11.3 Å². The third-order valence-electron chi connectivity index (χ3n) is 3.66. The molecule has 1 aliphatic rings. The molecule has 0 heterocycles. The van der Waals surface area contributed by atoms with Gasteiger partial charge in [-0.05, 0) is 55.9 Å². The fraction of sp³-hybridized carbons (Fsp3) is 1.00. The van der Waals surface area contributed by atoms with Gasteiger partial charge in [0.1, 0.15) is 0 Å². The molecule has 3 atom stereocenters. The summed E-state index contributed by atoms with van der Waals surface area (Å²) in [6, 6.07) is 1.43. The third kappa shape index (κ3) is 5.09. The molecule has 1 aliphatic carbocycles. The van der Waals surface area contributed by atoms with Crippen molar-refractivity contribution in [2.45, 2.75) is 65.5 Å². The quantitative estimate of drug-likeness (QED) is 0.785. The molecule has 0 aromatic heterocycles. The molecule has 0 aromatic rings. The van der Waals surface area contributed by atoms with Gasteiger partial charge in [-0.2, -0.15) is 11.8 Å². The SMILES string of the molecule is CSCCC(C)NC1CC(C)CC(C)(C)C1. The average Bonchev–Trinajstić information content (AvgIpc) is 2.11. The Hall–Kier alpha value is 0.310. The van der Waals surface area contributed by atoms with E-state index < -0.39 is 0 Å². The van der Waals surface area contributed by atoms with Crippen LogP contribution in [0.25, 0.3) is 0 Å². The summed E-state index contributed by atoms with van der Waals surface area (Å²) < 4.78 is 0. The van der Waals surface area contributed by atoms with Crippen molar-refractivity contribution in [1.82, 2.24) is 5.32 Å². The van der Waals surface area contributed by atoms with E-state index in [1.54, 1.807) is 0 Å². The van der Waals surface area contributed by atoms with Gasteiger partial charge < -0.3 is 5.32 Å². The number of rotatable bonds is 5. The Morgan fingerprint density at radius 1 is 1.38 bits per heavy atom. The molecule has 1 nitrogen and oxygen atoms in total. The first-order chi connectivity index (χ1) is 7.43. The molecule has 1 N–H and O–H groups in total. The van der Waals surface area contributed by atoms with Crippen molar-refractivity contribution in [2.75, 3.05) is 12.0 Å². The highest BCUT2D eigenvalue weighted by atomic mass is 32.2. The van der Waals surface area contributed by atoms with Crippen molar-refractivity contribution < 1.29 is 0 Å². The summed E-state index contributed by atoms with van der Waals surface area (Å²) in [7, 11) is 0. The van der Waals surface area contributed by atoms with E-state index in [2.05, 4.69) is 39.3 Å². The van der Waals surface area contributed by atoms with Crippen molar-refractivity contribution in [3.8, 4) is 0 Å². The minimum absolute atomic E-state index is 0.536. The molecule has 0 spiro atoms. The minimum atomic E-state index is 0.536. The van der Waals surface area contributed by atoms with E-state index in [1.165, 1.54) is 31.4 Å². The summed E-state index contributed by atoms with van der Waals surface area (Å²) in [5.41, 5.74) is 0.536. The lowest BCUT2D eigenvalue weighted by Gasteiger charge is -2.40. The lowest BCUT2D eigenvalue weighted by molar-refractivity contribution is 0.145. The van der Waals surface area contributed by atoms with Crippen LogP contribution in [0.2, 0.25) is 0 Å². The van der Waals surface area contributed by atoms with Crippen LogP contribution < -0.4 is 5.32 Å². The van der Waals surface area contributed by atoms with E-state index >= 15 is 0 Å². The molecule has 0 amide bonds. The zero-order valence-corrected chi connectivity index (χ0v) is 12.5. The van der Waals surface area contributed by atoms with Crippen molar-refractivity contribution in [3.63, 3.8) is 0 Å². The predicted molar refractivity (Wildman–Crippen MR) is 76.2 cm³/mol. The maximum Gasteiger partial charge on any atom is 0.00771 e. The molecule has 0 radical (unpaired) electrons. The molecule has 0 aliphatic heterocycles. The van der Waals surface area contributed by atoms with Crippen LogP contribution in [0.3, 0.4) is 0 Å². The fourth-order valence-corrected chi connectivity index (χ4v) is 3.84. The summed E-state index contributed by atoms with van der Waals surface area (Å²) in [6.45, 7) is 9.58. The Labute approximate surface area is 106 Å². The minimum Gasteiger partial charge on any atom is -0.311 e. The molecular weight excluding hydrogens is 214 g/mol. The number of hydrogen-bond acceptors (Lipinski definition) is 2. The van der Waals surface area contributed by atoms with Gasteiger partial charge in [-0.15, -0.1) is 0 Å². The molecule has 16 heavy (non-hydrogen) atoms. The van der Waals surface area contributed by atoms with E-state index in [4.69, 9.17) is 0 Å². The van der Waals surface area contributed by atoms with Gasteiger partial charge in [0.15, 0.2) is 0 Å². The first-order valence-corrected chi connectivity index (χ1v) is 8.07. The standard InChI is InChI=1S/C14H29NS/c1-11-8-13(10-14(3,4)9-11)15-12(2)6-7-16-5/h11-13,15H,6-10H2,1-5H3. The molecule has 96 valence electrons. The molecule has 0 bridgehead atoms. The Bertz CT molecular complexity index is 203. The van der Waals surface area contributed by atoms with Crippen LogP contribution in [0.4, 0.5) is 0 Å². The van der Waals surface area contributed by atoms with E-state index in [9.17, 15) is 0 Å². The maximum absolute atomic E-state index is 3.83. The van der Waals surface area contributed by atoms with Crippen LogP contribution in [0.5, 0.6) is 0 Å². The lowest BCUT2D eigenvalue weighted by atomic mass is 9.70. The van der Waals surface area contributed by atoms with Crippen LogP contribution >= 0.6 is 11.8 Å². The Morgan fingerprint density at radius 3 is 2.62 bits per heavy atom. The summed E-state index contributed by atoms with van der Waals surface area (Å²) in [5, 5.41) is 3.83. The van der Waals surface area contributed by atoms with Crippen molar-refractivity contribution >= 4 is 11.8 Å². The predicted octanol–water partition coefficient (Wildman–Crippen LogP) is 3.93. The highest BCUT2D eigenvalue weighted by Gasteiger charge is 2.32. The van der Waals surface area contributed by atoms with Crippen LogP contribution in [-0.2, 0) is 0 Å². The largest absolute Gasteiger partial charge is 0.311 e. The van der Waals surface area contributed by atoms with Gasteiger partial charge in [-0.3, -0.25) is 0 Å².